The Balaban J connectivity index is 1.89. The van der Waals surface area contributed by atoms with Crippen LogP contribution in [0.2, 0.25) is 0 Å². The molecule has 3 rings (SSSR count). The zero-order valence-corrected chi connectivity index (χ0v) is 10.5. The predicted octanol–water partition coefficient (Wildman–Crippen LogP) is 4.44. The lowest BCUT2D eigenvalue weighted by Crippen LogP contribution is -2.14. The third-order valence-corrected chi connectivity index (χ3v) is 4.45. The number of rotatable bonds is 1. The van der Waals surface area contributed by atoms with Crippen LogP contribution in [0.25, 0.3) is 0 Å². The standard InChI is InChI=1S/C15H19F2N/c16-11-7-12-13(9-18-15(12)14(17)8-11)10-5-3-1-2-4-6-10/h7-8,10,13,18H,1-6,9H2. The van der Waals surface area contributed by atoms with E-state index in [1.165, 1.54) is 44.6 Å². The van der Waals surface area contributed by atoms with Gasteiger partial charge in [-0.25, -0.2) is 8.78 Å². The van der Waals surface area contributed by atoms with Crippen molar-refractivity contribution in [1.82, 2.24) is 0 Å². The first kappa shape index (κ1) is 11.9. The van der Waals surface area contributed by atoms with Crippen LogP contribution >= 0.6 is 0 Å². The highest BCUT2D eigenvalue weighted by Crippen LogP contribution is 2.43. The SMILES string of the molecule is Fc1cc(F)c2c(c1)C(C1CCCCCC1)CN2. The van der Waals surface area contributed by atoms with Crippen LogP contribution in [0.1, 0.15) is 50.0 Å². The Kier molecular flexibility index (Phi) is 3.23. The van der Waals surface area contributed by atoms with Gasteiger partial charge in [0.05, 0.1) is 5.69 Å². The van der Waals surface area contributed by atoms with E-state index in [1.807, 2.05) is 0 Å². The molecule has 1 fully saturated rings. The molecule has 0 amide bonds. The molecule has 2 aliphatic rings. The summed E-state index contributed by atoms with van der Waals surface area (Å²) in [7, 11) is 0. The Hall–Kier alpha value is -1.12. The number of halogens is 2. The largest absolute Gasteiger partial charge is 0.382 e. The van der Waals surface area contributed by atoms with Gasteiger partial charge in [0.2, 0.25) is 0 Å². The second kappa shape index (κ2) is 4.87. The lowest BCUT2D eigenvalue weighted by atomic mass is 9.82. The molecule has 0 saturated heterocycles. The summed E-state index contributed by atoms with van der Waals surface area (Å²) >= 11 is 0. The normalized spacial score (nSPS) is 24.4. The Morgan fingerprint density at radius 2 is 1.72 bits per heavy atom. The number of hydrogen-bond donors (Lipinski definition) is 1. The van der Waals surface area contributed by atoms with Crippen molar-refractivity contribution in [3.05, 3.63) is 29.3 Å². The summed E-state index contributed by atoms with van der Waals surface area (Å²) in [5.41, 5.74) is 1.39. The van der Waals surface area contributed by atoms with Crippen LogP contribution in [0.4, 0.5) is 14.5 Å². The number of benzene rings is 1. The van der Waals surface area contributed by atoms with E-state index in [4.69, 9.17) is 0 Å². The van der Waals surface area contributed by atoms with Gasteiger partial charge in [0.25, 0.3) is 0 Å². The average molecular weight is 251 g/mol. The van der Waals surface area contributed by atoms with Crippen molar-refractivity contribution in [2.45, 2.75) is 44.4 Å². The van der Waals surface area contributed by atoms with Gasteiger partial charge >= 0.3 is 0 Å². The topological polar surface area (TPSA) is 12.0 Å². The second-order valence-electron chi connectivity index (χ2n) is 5.59. The fourth-order valence-electron chi connectivity index (χ4n) is 3.53. The summed E-state index contributed by atoms with van der Waals surface area (Å²) in [5, 5.41) is 3.12. The monoisotopic (exact) mass is 251 g/mol. The Morgan fingerprint density at radius 3 is 2.44 bits per heavy atom. The van der Waals surface area contributed by atoms with E-state index in [-0.39, 0.29) is 0 Å². The zero-order valence-electron chi connectivity index (χ0n) is 10.5. The Labute approximate surface area is 107 Å². The number of fused-ring (bicyclic) bond motifs is 1. The quantitative estimate of drug-likeness (QED) is 0.727. The molecule has 1 saturated carbocycles. The van der Waals surface area contributed by atoms with Crippen LogP contribution in [-0.2, 0) is 0 Å². The van der Waals surface area contributed by atoms with Gasteiger partial charge in [0.1, 0.15) is 11.6 Å². The second-order valence-corrected chi connectivity index (χ2v) is 5.59. The summed E-state index contributed by atoms with van der Waals surface area (Å²) in [6.45, 7) is 0.764. The van der Waals surface area contributed by atoms with E-state index >= 15 is 0 Å². The molecular formula is C15H19F2N. The van der Waals surface area contributed by atoms with E-state index in [9.17, 15) is 8.78 Å². The van der Waals surface area contributed by atoms with Gasteiger partial charge < -0.3 is 5.32 Å². The highest BCUT2D eigenvalue weighted by atomic mass is 19.1. The van der Waals surface area contributed by atoms with Crippen LogP contribution in [0.15, 0.2) is 12.1 Å². The summed E-state index contributed by atoms with van der Waals surface area (Å²) in [6, 6.07) is 2.50. The summed E-state index contributed by atoms with van der Waals surface area (Å²) in [5.74, 6) is -0.0135. The van der Waals surface area contributed by atoms with Crippen LogP contribution in [0, 0.1) is 17.6 Å². The molecule has 1 unspecified atom stereocenters. The third kappa shape index (κ3) is 2.11. The van der Waals surface area contributed by atoms with Gasteiger partial charge in [-0.1, -0.05) is 25.7 Å². The molecule has 0 spiro atoms. The van der Waals surface area contributed by atoms with E-state index in [1.54, 1.807) is 0 Å². The van der Waals surface area contributed by atoms with Gasteiger partial charge in [0, 0.05) is 18.5 Å². The van der Waals surface area contributed by atoms with Gasteiger partial charge in [-0.3, -0.25) is 0 Å². The first-order chi connectivity index (χ1) is 8.75. The molecule has 1 heterocycles. The van der Waals surface area contributed by atoms with E-state index in [0.29, 0.717) is 17.5 Å². The lowest BCUT2D eigenvalue weighted by Gasteiger charge is -2.21. The zero-order chi connectivity index (χ0) is 12.5. The van der Waals surface area contributed by atoms with Crippen molar-refractivity contribution in [3.63, 3.8) is 0 Å². The minimum Gasteiger partial charge on any atom is -0.382 e. The summed E-state index contributed by atoms with van der Waals surface area (Å²) in [4.78, 5) is 0. The number of nitrogens with one attached hydrogen (secondary N) is 1. The fourth-order valence-corrected chi connectivity index (χ4v) is 3.53. The molecule has 1 aromatic carbocycles. The molecule has 1 aliphatic carbocycles. The molecule has 1 N–H and O–H groups in total. The molecule has 98 valence electrons. The average Bonchev–Trinajstić information content (AvgIpc) is 2.59. The molecule has 1 nitrogen and oxygen atoms in total. The van der Waals surface area contributed by atoms with E-state index in [0.717, 1.165) is 18.2 Å². The van der Waals surface area contributed by atoms with Gasteiger partial charge in [-0.2, -0.15) is 0 Å². The van der Waals surface area contributed by atoms with Crippen molar-refractivity contribution in [1.29, 1.82) is 0 Å². The molecular weight excluding hydrogens is 232 g/mol. The van der Waals surface area contributed by atoms with Gasteiger partial charge in [-0.15, -0.1) is 0 Å². The molecule has 18 heavy (non-hydrogen) atoms. The smallest absolute Gasteiger partial charge is 0.149 e. The van der Waals surface area contributed by atoms with Crippen molar-refractivity contribution >= 4 is 5.69 Å². The van der Waals surface area contributed by atoms with E-state index in [2.05, 4.69) is 5.32 Å². The number of hydrogen-bond acceptors (Lipinski definition) is 1. The van der Waals surface area contributed by atoms with Gasteiger partial charge in [-0.05, 0) is 30.4 Å². The molecule has 1 atom stereocenters. The summed E-state index contributed by atoms with van der Waals surface area (Å²) < 4.78 is 27.0. The predicted molar refractivity (Wildman–Crippen MR) is 68.8 cm³/mol. The Bertz CT molecular complexity index is 436. The third-order valence-electron chi connectivity index (χ3n) is 4.45. The van der Waals surface area contributed by atoms with Crippen LogP contribution < -0.4 is 5.32 Å². The molecule has 0 bridgehead atoms. The lowest BCUT2D eigenvalue weighted by molar-refractivity contribution is 0.393. The first-order valence-electron chi connectivity index (χ1n) is 6.98. The van der Waals surface area contributed by atoms with Crippen LogP contribution in [-0.4, -0.2) is 6.54 Å². The van der Waals surface area contributed by atoms with Crippen molar-refractivity contribution < 1.29 is 8.78 Å². The minimum absolute atomic E-state index is 0.295. The van der Waals surface area contributed by atoms with Crippen molar-refractivity contribution in [2.75, 3.05) is 11.9 Å². The molecule has 3 heteroatoms. The first-order valence-corrected chi connectivity index (χ1v) is 6.98. The van der Waals surface area contributed by atoms with Crippen molar-refractivity contribution in [2.24, 2.45) is 5.92 Å². The Morgan fingerprint density at radius 1 is 1.00 bits per heavy atom. The summed E-state index contributed by atoms with van der Waals surface area (Å²) in [6.07, 6.45) is 7.53. The number of anilines is 1. The minimum atomic E-state index is -0.450. The maximum Gasteiger partial charge on any atom is 0.149 e. The van der Waals surface area contributed by atoms with Crippen LogP contribution in [0.3, 0.4) is 0 Å². The highest BCUT2D eigenvalue weighted by molar-refractivity contribution is 5.59. The molecule has 1 aliphatic heterocycles. The molecule has 0 radical (unpaired) electrons. The molecule has 0 aromatic heterocycles. The maximum atomic E-state index is 13.7. The highest BCUT2D eigenvalue weighted by Gasteiger charge is 2.32. The van der Waals surface area contributed by atoms with E-state index < -0.39 is 11.6 Å². The molecule has 1 aromatic rings. The fraction of sp³-hybridized carbons (Fsp3) is 0.600. The van der Waals surface area contributed by atoms with Crippen molar-refractivity contribution in [3.8, 4) is 0 Å². The maximum absolute atomic E-state index is 13.7. The van der Waals surface area contributed by atoms with Gasteiger partial charge in [0.15, 0.2) is 0 Å². The van der Waals surface area contributed by atoms with Crippen LogP contribution in [0.5, 0.6) is 0 Å².